The Balaban J connectivity index is 2.17. The predicted octanol–water partition coefficient (Wildman–Crippen LogP) is 1.72. The van der Waals surface area contributed by atoms with Crippen molar-refractivity contribution in [3.05, 3.63) is 28.8 Å². The molecular formula is C14H18N2O. The first-order chi connectivity index (χ1) is 7.97. The number of carbonyl (C=O) groups is 1. The molecule has 0 spiro atoms. The van der Waals surface area contributed by atoms with Crippen LogP contribution in [-0.2, 0) is 23.2 Å². The second kappa shape index (κ2) is 3.33. The number of nitrogens with two attached hydrogens (primary N) is 1. The van der Waals surface area contributed by atoms with Crippen molar-refractivity contribution in [1.82, 2.24) is 0 Å². The maximum Gasteiger partial charge on any atom is 0.227 e. The summed E-state index contributed by atoms with van der Waals surface area (Å²) in [5.41, 5.74) is 10.8. The molecule has 0 saturated carbocycles. The molecule has 90 valence electrons. The van der Waals surface area contributed by atoms with Gasteiger partial charge in [0.15, 0.2) is 0 Å². The van der Waals surface area contributed by atoms with E-state index in [4.69, 9.17) is 5.73 Å². The smallest absolute Gasteiger partial charge is 0.227 e. The Kier molecular flexibility index (Phi) is 2.11. The summed E-state index contributed by atoms with van der Waals surface area (Å²) < 4.78 is 0. The Morgan fingerprint density at radius 1 is 1.18 bits per heavy atom. The molecule has 1 amide bonds. The van der Waals surface area contributed by atoms with Gasteiger partial charge in [0.25, 0.3) is 0 Å². The zero-order valence-electron chi connectivity index (χ0n) is 10.4. The summed E-state index contributed by atoms with van der Waals surface area (Å²) in [7, 11) is 0. The summed E-state index contributed by atoms with van der Waals surface area (Å²) in [6.45, 7) is 4.90. The first-order valence-corrected chi connectivity index (χ1v) is 6.22. The third-order valence-electron chi connectivity index (χ3n) is 3.80. The van der Waals surface area contributed by atoms with Crippen LogP contribution in [0.15, 0.2) is 12.1 Å². The monoisotopic (exact) mass is 230 g/mol. The van der Waals surface area contributed by atoms with Crippen molar-refractivity contribution in [2.45, 2.75) is 38.6 Å². The molecule has 0 fully saturated rings. The molecule has 0 unspecified atom stereocenters. The highest BCUT2D eigenvalue weighted by atomic mass is 16.2. The van der Waals surface area contributed by atoms with Gasteiger partial charge in [0.05, 0.1) is 5.69 Å². The third-order valence-corrected chi connectivity index (χ3v) is 3.80. The molecule has 2 aliphatic heterocycles. The zero-order valence-corrected chi connectivity index (χ0v) is 10.4. The second-order valence-corrected chi connectivity index (χ2v) is 5.66. The highest BCUT2D eigenvalue weighted by Gasteiger charge is 2.32. The van der Waals surface area contributed by atoms with Crippen LogP contribution in [0, 0.1) is 0 Å². The quantitative estimate of drug-likeness (QED) is 0.798. The van der Waals surface area contributed by atoms with E-state index in [1.165, 1.54) is 22.4 Å². The molecule has 0 radical (unpaired) electrons. The lowest BCUT2D eigenvalue weighted by Crippen LogP contribution is -2.33. The van der Waals surface area contributed by atoms with E-state index in [-0.39, 0.29) is 11.4 Å². The summed E-state index contributed by atoms with van der Waals surface area (Å²) in [5.74, 6) is 0.274. The second-order valence-electron chi connectivity index (χ2n) is 5.66. The van der Waals surface area contributed by atoms with E-state index in [1.54, 1.807) is 0 Å². The largest absolute Gasteiger partial charge is 0.322 e. The van der Waals surface area contributed by atoms with Crippen LogP contribution < -0.4 is 10.6 Å². The summed E-state index contributed by atoms with van der Waals surface area (Å²) >= 11 is 0. The molecule has 17 heavy (non-hydrogen) atoms. The Morgan fingerprint density at radius 2 is 1.82 bits per heavy atom. The van der Waals surface area contributed by atoms with Gasteiger partial charge in [-0.3, -0.25) is 4.79 Å². The van der Waals surface area contributed by atoms with Crippen LogP contribution in [0.3, 0.4) is 0 Å². The van der Waals surface area contributed by atoms with Gasteiger partial charge in [-0.1, -0.05) is 12.1 Å². The number of carbonyl (C=O) groups excluding carboxylic acids is 1. The number of amides is 1. The van der Waals surface area contributed by atoms with Gasteiger partial charge in [-0.05, 0) is 43.4 Å². The van der Waals surface area contributed by atoms with Crippen molar-refractivity contribution in [3.63, 3.8) is 0 Å². The molecule has 3 nitrogen and oxygen atoms in total. The number of hydrogen-bond acceptors (Lipinski definition) is 2. The van der Waals surface area contributed by atoms with Crippen LogP contribution in [0.2, 0.25) is 0 Å². The summed E-state index contributed by atoms with van der Waals surface area (Å²) in [5, 5.41) is 0. The van der Waals surface area contributed by atoms with Gasteiger partial charge in [-0.2, -0.15) is 0 Å². The van der Waals surface area contributed by atoms with Gasteiger partial charge < -0.3 is 10.6 Å². The van der Waals surface area contributed by atoms with Crippen molar-refractivity contribution < 1.29 is 4.79 Å². The lowest BCUT2D eigenvalue weighted by Gasteiger charge is -2.28. The molecule has 3 heteroatoms. The van der Waals surface area contributed by atoms with E-state index >= 15 is 0 Å². The van der Waals surface area contributed by atoms with Gasteiger partial charge in [0, 0.05) is 18.5 Å². The number of aryl methyl sites for hydroxylation is 1. The van der Waals surface area contributed by atoms with E-state index in [1.807, 2.05) is 18.7 Å². The van der Waals surface area contributed by atoms with Crippen molar-refractivity contribution >= 4 is 11.6 Å². The molecule has 0 aliphatic carbocycles. The fraction of sp³-hybridized carbons (Fsp3) is 0.500. The Labute approximate surface area is 102 Å². The van der Waals surface area contributed by atoms with Crippen LogP contribution in [0.25, 0.3) is 0 Å². The minimum absolute atomic E-state index is 0.274. The zero-order chi connectivity index (χ0) is 12.2. The van der Waals surface area contributed by atoms with Gasteiger partial charge in [0.2, 0.25) is 5.91 Å². The maximum absolute atomic E-state index is 11.8. The van der Waals surface area contributed by atoms with E-state index in [2.05, 4.69) is 12.1 Å². The van der Waals surface area contributed by atoms with Crippen molar-refractivity contribution in [1.29, 1.82) is 0 Å². The molecule has 2 heterocycles. The van der Waals surface area contributed by atoms with E-state index in [9.17, 15) is 4.79 Å². The number of hydrogen-bond donors (Lipinski definition) is 1. The average Bonchev–Trinajstić information content (AvgIpc) is 2.67. The normalized spacial score (nSPS) is 18.5. The fourth-order valence-corrected chi connectivity index (χ4v) is 2.83. The molecule has 0 bridgehead atoms. The molecule has 0 saturated heterocycles. The molecule has 0 aromatic heterocycles. The minimum Gasteiger partial charge on any atom is -0.322 e. The van der Waals surface area contributed by atoms with Crippen molar-refractivity contribution in [2.24, 2.45) is 5.73 Å². The molecule has 0 atom stereocenters. The average molecular weight is 230 g/mol. The van der Waals surface area contributed by atoms with Gasteiger partial charge in [-0.15, -0.1) is 0 Å². The lowest BCUT2D eigenvalue weighted by molar-refractivity contribution is -0.118. The lowest BCUT2D eigenvalue weighted by atomic mass is 9.89. The Hall–Kier alpha value is -1.35. The topological polar surface area (TPSA) is 46.3 Å². The molecule has 2 N–H and O–H groups in total. The van der Waals surface area contributed by atoms with Gasteiger partial charge >= 0.3 is 0 Å². The van der Waals surface area contributed by atoms with E-state index in [0.29, 0.717) is 6.42 Å². The van der Waals surface area contributed by atoms with Crippen LogP contribution in [0.4, 0.5) is 5.69 Å². The Morgan fingerprint density at radius 3 is 2.47 bits per heavy atom. The predicted molar refractivity (Wildman–Crippen MR) is 68.0 cm³/mol. The number of nitrogens with zero attached hydrogens (tertiary/aromatic N) is 1. The van der Waals surface area contributed by atoms with Crippen molar-refractivity contribution in [3.8, 4) is 0 Å². The molecule has 1 aromatic rings. The van der Waals surface area contributed by atoms with Crippen LogP contribution >= 0.6 is 0 Å². The van der Waals surface area contributed by atoms with E-state index in [0.717, 1.165) is 19.4 Å². The number of rotatable bonds is 1. The molecule has 3 rings (SSSR count). The molecule has 1 aromatic carbocycles. The van der Waals surface area contributed by atoms with Crippen molar-refractivity contribution in [2.75, 3.05) is 11.4 Å². The van der Waals surface area contributed by atoms with Crippen LogP contribution in [-0.4, -0.2) is 12.5 Å². The maximum atomic E-state index is 11.8. The SMILES string of the molecule is CC(C)(N)c1cc2c3c(c1)CCN3C(=O)CC2. The standard InChI is InChI=1S/C14H18N2O/c1-14(2,15)11-7-9-3-4-12(17)16-6-5-10(8-11)13(9)16/h7-8H,3-6,15H2,1-2H3. The van der Waals surface area contributed by atoms with E-state index < -0.39 is 0 Å². The summed E-state index contributed by atoms with van der Waals surface area (Å²) in [6.07, 6.45) is 2.47. The number of benzene rings is 1. The summed E-state index contributed by atoms with van der Waals surface area (Å²) in [4.78, 5) is 13.8. The highest BCUT2D eigenvalue weighted by molar-refractivity contribution is 5.98. The minimum atomic E-state index is -0.305. The first-order valence-electron chi connectivity index (χ1n) is 6.22. The van der Waals surface area contributed by atoms with Gasteiger partial charge in [-0.25, -0.2) is 0 Å². The Bertz CT molecular complexity index is 500. The molecule has 2 aliphatic rings. The van der Waals surface area contributed by atoms with Crippen LogP contribution in [0.5, 0.6) is 0 Å². The fourth-order valence-electron chi connectivity index (χ4n) is 2.83. The highest BCUT2D eigenvalue weighted by Crippen LogP contribution is 2.38. The van der Waals surface area contributed by atoms with Gasteiger partial charge in [0.1, 0.15) is 0 Å². The first kappa shape index (κ1) is 10.8. The van der Waals surface area contributed by atoms with Crippen LogP contribution in [0.1, 0.15) is 37.0 Å². The molecular weight excluding hydrogens is 212 g/mol. The third kappa shape index (κ3) is 1.57. The summed E-state index contributed by atoms with van der Waals surface area (Å²) in [6, 6.07) is 4.36. The number of anilines is 1.